The van der Waals surface area contributed by atoms with Gasteiger partial charge in [-0.1, -0.05) is 11.6 Å². The van der Waals surface area contributed by atoms with E-state index in [2.05, 4.69) is 11.0 Å². The molecule has 0 atom stereocenters. The zero-order valence-corrected chi connectivity index (χ0v) is 9.91. The lowest BCUT2D eigenvalue weighted by molar-refractivity contribution is 0.614. The number of anilines is 1. The van der Waals surface area contributed by atoms with Gasteiger partial charge in [-0.3, -0.25) is 0 Å². The van der Waals surface area contributed by atoms with Crippen molar-refractivity contribution in [2.24, 2.45) is 0 Å². The zero-order chi connectivity index (χ0) is 12.3. The third kappa shape index (κ3) is 2.65. The van der Waals surface area contributed by atoms with Crippen molar-refractivity contribution in [2.75, 3.05) is 18.0 Å². The fraction of sp³-hybridized carbons (Fsp3) is 0.357. The summed E-state index contributed by atoms with van der Waals surface area (Å²) in [7, 11) is 0. The maximum Gasteiger partial charge on any atom is 0.128 e. The maximum absolute atomic E-state index is 13.5. The van der Waals surface area contributed by atoms with Crippen LogP contribution < -0.4 is 4.90 Å². The van der Waals surface area contributed by atoms with E-state index in [4.69, 9.17) is 5.26 Å². The van der Waals surface area contributed by atoms with Gasteiger partial charge in [0.05, 0.1) is 6.07 Å². The van der Waals surface area contributed by atoms with Crippen molar-refractivity contribution in [1.29, 1.82) is 5.26 Å². The number of rotatable bonds is 1. The Labute approximate surface area is 101 Å². The molecule has 0 unspecified atom stereocenters. The Hall–Kier alpha value is -1.82. The molecule has 2 rings (SSSR count). The quantitative estimate of drug-likeness (QED) is 0.693. The summed E-state index contributed by atoms with van der Waals surface area (Å²) in [5.41, 5.74) is 2.80. The van der Waals surface area contributed by atoms with E-state index in [1.807, 2.05) is 12.1 Å². The van der Waals surface area contributed by atoms with Gasteiger partial charge in [0.1, 0.15) is 5.82 Å². The van der Waals surface area contributed by atoms with Crippen molar-refractivity contribution in [3.05, 3.63) is 41.2 Å². The van der Waals surface area contributed by atoms with E-state index < -0.39 is 0 Å². The standard InChI is InChI=1S/C14H15FN2/c1-11-2-3-13(10-14(11)15)17-8-5-12(4-7-16)6-9-17/h2-4,10H,5-6,8-9H2,1H3. The van der Waals surface area contributed by atoms with Gasteiger partial charge in [-0.05, 0) is 37.5 Å². The molecule has 1 aromatic carbocycles. The van der Waals surface area contributed by atoms with Crippen LogP contribution in [0, 0.1) is 24.1 Å². The maximum atomic E-state index is 13.5. The molecule has 88 valence electrons. The molecule has 0 aliphatic carbocycles. The lowest BCUT2D eigenvalue weighted by atomic mass is 10.0. The third-order valence-electron chi connectivity index (χ3n) is 3.19. The Morgan fingerprint density at radius 3 is 2.65 bits per heavy atom. The van der Waals surface area contributed by atoms with Crippen molar-refractivity contribution in [3.63, 3.8) is 0 Å². The Kier molecular flexibility index (Phi) is 3.43. The Morgan fingerprint density at radius 2 is 2.06 bits per heavy atom. The largest absolute Gasteiger partial charge is 0.371 e. The van der Waals surface area contributed by atoms with Gasteiger partial charge in [-0.25, -0.2) is 4.39 Å². The molecule has 1 fully saturated rings. The van der Waals surface area contributed by atoms with Gasteiger partial charge in [0.15, 0.2) is 0 Å². The third-order valence-corrected chi connectivity index (χ3v) is 3.19. The van der Waals surface area contributed by atoms with E-state index >= 15 is 0 Å². The van der Waals surface area contributed by atoms with Crippen LogP contribution in [-0.4, -0.2) is 13.1 Å². The number of nitriles is 1. The van der Waals surface area contributed by atoms with Crippen LogP contribution in [0.15, 0.2) is 29.8 Å². The molecule has 1 saturated heterocycles. The molecule has 0 amide bonds. The Balaban J connectivity index is 2.08. The van der Waals surface area contributed by atoms with Crippen LogP contribution >= 0.6 is 0 Å². The highest BCUT2D eigenvalue weighted by Gasteiger charge is 2.14. The van der Waals surface area contributed by atoms with E-state index in [0.717, 1.165) is 31.6 Å². The number of allylic oxidation sites excluding steroid dienone is 1. The summed E-state index contributed by atoms with van der Waals surface area (Å²) in [4.78, 5) is 2.16. The second-order valence-electron chi connectivity index (χ2n) is 4.35. The SMILES string of the molecule is Cc1ccc(N2CCC(=CC#N)CC2)cc1F. The summed E-state index contributed by atoms with van der Waals surface area (Å²) >= 11 is 0. The average Bonchev–Trinajstić information content (AvgIpc) is 2.34. The lowest BCUT2D eigenvalue weighted by Crippen LogP contribution is -2.30. The number of hydrogen-bond acceptors (Lipinski definition) is 2. The fourth-order valence-electron chi connectivity index (χ4n) is 2.07. The van der Waals surface area contributed by atoms with E-state index in [1.54, 1.807) is 19.1 Å². The first kappa shape index (κ1) is 11.7. The summed E-state index contributed by atoms with van der Waals surface area (Å²) in [6.45, 7) is 3.48. The van der Waals surface area contributed by atoms with Gasteiger partial charge >= 0.3 is 0 Å². The number of halogens is 1. The van der Waals surface area contributed by atoms with Crippen molar-refractivity contribution in [2.45, 2.75) is 19.8 Å². The van der Waals surface area contributed by atoms with Crippen molar-refractivity contribution < 1.29 is 4.39 Å². The zero-order valence-electron chi connectivity index (χ0n) is 9.91. The number of aryl methyl sites for hydroxylation is 1. The molecule has 0 bridgehead atoms. The monoisotopic (exact) mass is 230 g/mol. The summed E-state index contributed by atoms with van der Waals surface area (Å²) in [6, 6.07) is 7.43. The van der Waals surface area contributed by atoms with Crippen LogP contribution in [-0.2, 0) is 0 Å². The molecule has 17 heavy (non-hydrogen) atoms. The minimum atomic E-state index is -0.152. The fourth-order valence-corrected chi connectivity index (χ4v) is 2.07. The molecule has 0 saturated carbocycles. The summed E-state index contributed by atoms with van der Waals surface area (Å²) in [6.07, 6.45) is 3.42. The number of benzene rings is 1. The second kappa shape index (κ2) is 5.01. The highest BCUT2D eigenvalue weighted by Crippen LogP contribution is 2.24. The van der Waals surface area contributed by atoms with Gasteiger partial charge < -0.3 is 4.90 Å². The first-order valence-electron chi connectivity index (χ1n) is 5.79. The minimum Gasteiger partial charge on any atom is -0.371 e. The van der Waals surface area contributed by atoms with Crippen LogP contribution in [0.3, 0.4) is 0 Å². The Bertz CT molecular complexity index is 475. The van der Waals surface area contributed by atoms with E-state index in [-0.39, 0.29) is 5.82 Å². The topological polar surface area (TPSA) is 27.0 Å². The highest BCUT2D eigenvalue weighted by atomic mass is 19.1. The van der Waals surface area contributed by atoms with Crippen molar-refractivity contribution in [3.8, 4) is 6.07 Å². The predicted molar refractivity (Wildman–Crippen MR) is 66.3 cm³/mol. The summed E-state index contributed by atoms with van der Waals surface area (Å²) in [5.74, 6) is -0.152. The van der Waals surface area contributed by atoms with Gasteiger partial charge in [0.2, 0.25) is 0 Å². The number of hydrogen-bond donors (Lipinski definition) is 0. The molecule has 3 heteroatoms. The van der Waals surface area contributed by atoms with E-state index in [9.17, 15) is 4.39 Å². The smallest absolute Gasteiger partial charge is 0.128 e. The number of piperidine rings is 1. The van der Waals surface area contributed by atoms with Crippen LogP contribution in [0.1, 0.15) is 18.4 Å². The number of nitrogens with zero attached hydrogens (tertiary/aromatic N) is 2. The highest BCUT2D eigenvalue weighted by molar-refractivity contribution is 5.49. The van der Waals surface area contributed by atoms with Gasteiger partial charge in [0.25, 0.3) is 0 Å². The molecular weight excluding hydrogens is 215 g/mol. The van der Waals surface area contributed by atoms with Crippen LogP contribution in [0.4, 0.5) is 10.1 Å². The molecule has 1 aliphatic heterocycles. The molecule has 2 nitrogen and oxygen atoms in total. The van der Waals surface area contributed by atoms with Crippen LogP contribution in [0.5, 0.6) is 0 Å². The van der Waals surface area contributed by atoms with Crippen LogP contribution in [0.25, 0.3) is 0 Å². The second-order valence-corrected chi connectivity index (χ2v) is 4.35. The van der Waals surface area contributed by atoms with Gasteiger partial charge in [-0.15, -0.1) is 0 Å². The minimum absolute atomic E-state index is 0.152. The first-order chi connectivity index (χ1) is 8.20. The molecular formula is C14H15FN2. The van der Waals surface area contributed by atoms with Gasteiger partial charge in [0, 0.05) is 24.9 Å². The molecule has 0 radical (unpaired) electrons. The Morgan fingerprint density at radius 1 is 1.35 bits per heavy atom. The summed E-state index contributed by atoms with van der Waals surface area (Å²) in [5, 5.41) is 8.58. The molecule has 1 aromatic rings. The van der Waals surface area contributed by atoms with Crippen molar-refractivity contribution in [1.82, 2.24) is 0 Å². The van der Waals surface area contributed by atoms with E-state index in [1.165, 1.54) is 5.57 Å². The van der Waals surface area contributed by atoms with Crippen LogP contribution in [0.2, 0.25) is 0 Å². The van der Waals surface area contributed by atoms with Crippen molar-refractivity contribution >= 4 is 5.69 Å². The summed E-state index contributed by atoms with van der Waals surface area (Å²) < 4.78 is 13.5. The molecule has 0 aromatic heterocycles. The molecule has 0 spiro atoms. The normalized spacial score (nSPS) is 15.6. The lowest BCUT2D eigenvalue weighted by Gasteiger charge is -2.30. The molecule has 0 N–H and O–H groups in total. The molecule has 1 heterocycles. The average molecular weight is 230 g/mol. The molecule has 1 aliphatic rings. The van der Waals surface area contributed by atoms with Gasteiger partial charge in [-0.2, -0.15) is 5.26 Å². The van der Waals surface area contributed by atoms with E-state index in [0.29, 0.717) is 5.56 Å². The first-order valence-corrected chi connectivity index (χ1v) is 5.79. The predicted octanol–water partition coefficient (Wildman–Crippen LogP) is 3.18.